The second-order valence-corrected chi connectivity index (χ2v) is 5.67. The summed E-state index contributed by atoms with van der Waals surface area (Å²) in [5, 5.41) is 13.7. The fourth-order valence-corrected chi connectivity index (χ4v) is 2.98. The zero-order valence-electron chi connectivity index (χ0n) is 11.4. The van der Waals surface area contributed by atoms with E-state index >= 15 is 0 Å². The lowest BCUT2D eigenvalue weighted by molar-refractivity contribution is 0.0871. The SMILES string of the molecule is O=C(NCC1CCCC(O)C1)c1cc2ccccc2[nH]1. The number of rotatable bonds is 3. The van der Waals surface area contributed by atoms with E-state index in [1.54, 1.807) is 0 Å². The summed E-state index contributed by atoms with van der Waals surface area (Å²) >= 11 is 0. The number of aromatic nitrogens is 1. The molecule has 1 saturated carbocycles. The molecule has 1 fully saturated rings. The zero-order chi connectivity index (χ0) is 13.9. The largest absolute Gasteiger partial charge is 0.393 e. The van der Waals surface area contributed by atoms with Crippen molar-refractivity contribution >= 4 is 16.8 Å². The topological polar surface area (TPSA) is 65.1 Å². The molecule has 4 heteroatoms. The molecule has 1 aliphatic rings. The lowest BCUT2D eigenvalue weighted by Gasteiger charge is -2.25. The van der Waals surface area contributed by atoms with Gasteiger partial charge in [-0.05, 0) is 37.3 Å². The van der Waals surface area contributed by atoms with Crippen molar-refractivity contribution in [3.05, 3.63) is 36.0 Å². The van der Waals surface area contributed by atoms with Crippen molar-refractivity contribution < 1.29 is 9.90 Å². The number of hydrogen-bond acceptors (Lipinski definition) is 2. The summed E-state index contributed by atoms with van der Waals surface area (Å²) in [7, 11) is 0. The molecule has 2 atom stereocenters. The van der Waals surface area contributed by atoms with Crippen LogP contribution in [0.15, 0.2) is 30.3 Å². The number of carbonyl (C=O) groups excluding carboxylic acids is 1. The number of nitrogens with one attached hydrogen (secondary N) is 2. The number of carbonyl (C=O) groups is 1. The smallest absolute Gasteiger partial charge is 0.267 e. The fraction of sp³-hybridized carbons (Fsp3) is 0.438. The molecular formula is C16H20N2O2. The van der Waals surface area contributed by atoms with Crippen LogP contribution in [0.3, 0.4) is 0 Å². The van der Waals surface area contributed by atoms with Gasteiger partial charge in [0.15, 0.2) is 0 Å². The fourth-order valence-electron chi connectivity index (χ4n) is 2.98. The first kappa shape index (κ1) is 13.2. The highest BCUT2D eigenvalue weighted by Gasteiger charge is 2.21. The Kier molecular flexibility index (Phi) is 3.74. The van der Waals surface area contributed by atoms with Crippen molar-refractivity contribution in [1.29, 1.82) is 0 Å². The summed E-state index contributed by atoms with van der Waals surface area (Å²) in [4.78, 5) is 15.3. The molecule has 2 unspecified atom stereocenters. The Morgan fingerprint density at radius 3 is 3.00 bits per heavy atom. The Labute approximate surface area is 118 Å². The van der Waals surface area contributed by atoms with Crippen molar-refractivity contribution in [2.75, 3.05) is 6.54 Å². The molecule has 1 aromatic carbocycles. The van der Waals surface area contributed by atoms with Crippen LogP contribution < -0.4 is 5.32 Å². The van der Waals surface area contributed by atoms with Gasteiger partial charge in [-0.25, -0.2) is 0 Å². The van der Waals surface area contributed by atoms with Crippen molar-refractivity contribution in [2.45, 2.75) is 31.8 Å². The Bertz CT molecular complexity index is 572. The van der Waals surface area contributed by atoms with Gasteiger partial charge in [0.05, 0.1) is 6.10 Å². The number of aliphatic hydroxyl groups is 1. The summed E-state index contributed by atoms with van der Waals surface area (Å²) < 4.78 is 0. The van der Waals surface area contributed by atoms with Gasteiger partial charge in [0.25, 0.3) is 5.91 Å². The maximum Gasteiger partial charge on any atom is 0.267 e. The highest BCUT2D eigenvalue weighted by atomic mass is 16.3. The molecule has 0 saturated heterocycles. The number of aliphatic hydroxyl groups excluding tert-OH is 1. The molecule has 1 aliphatic carbocycles. The van der Waals surface area contributed by atoms with Crippen LogP contribution in [0.25, 0.3) is 10.9 Å². The van der Waals surface area contributed by atoms with Gasteiger partial charge in [-0.3, -0.25) is 4.79 Å². The molecule has 2 aromatic rings. The third kappa shape index (κ3) is 2.85. The van der Waals surface area contributed by atoms with E-state index in [0.717, 1.165) is 36.6 Å². The molecule has 1 amide bonds. The minimum atomic E-state index is -0.196. The number of amides is 1. The molecule has 3 rings (SSSR count). The van der Waals surface area contributed by atoms with E-state index in [9.17, 15) is 9.90 Å². The number of H-pyrrole nitrogens is 1. The molecule has 0 bridgehead atoms. The van der Waals surface area contributed by atoms with Crippen LogP contribution in [-0.2, 0) is 0 Å². The lowest BCUT2D eigenvalue weighted by Crippen LogP contribution is -2.33. The minimum Gasteiger partial charge on any atom is -0.393 e. The van der Waals surface area contributed by atoms with Gasteiger partial charge in [-0.2, -0.15) is 0 Å². The minimum absolute atomic E-state index is 0.0683. The molecule has 20 heavy (non-hydrogen) atoms. The van der Waals surface area contributed by atoms with Crippen LogP contribution in [0, 0.1) is 5.92 Å². The Morgan fingerprint density at radius 2 is 2.20 bits per heavy atom. The van der Waals surface area contributed by atoms with Crippen molar-refractivity contribution in [2.24, 2.45) is 5.92 Å². The molecule has 0 spiro atoms. The summed E-state index contributed by atoms with van der Waals surface area (Å²) in [6.07, 6.45) is 3.64. The number of aromatic amines is 1. The Balaban J connectivity index is 1.61. The average Bonchev–Trinajstić information content (AvgIpc) is 2.89. The van der Waals surface area contributed by atoms with Gasteiger partial charge >= 0.3 is 0 Å². The van der Waals surface area contributed by atoms with Gasteiger partial charge in [-0.15, -0.1) is 0 Å². The van der Waals surface area contributed by atoms with Gasteiger partial charge in [-0.1, -0.05) is 24.6 Å². The van der Waals surface area contributed by atoms with E-state index in [2.05, 4.69) is 10.3 Å². The van der Waals surface area contributed by atoms with Gasteiger partial charge < -0.3 is 15.4 Å². The van der Waals surface area contributed by atoms with Crippen LogP contribution in [0.2, 0.25) is 0 Å². The molecule has 4 nitrogen and oxygen atoms in total. The van der Waals surface area contributed by atoms with E-state index in [-0.39, 0.29) is 12.0 Å². The van der Waals surface area contributed by atoms with Gasteiger partial charge in [0, 0.05) is 17.4 Å². The third-order valence-corrected chi connectivity index (χ3v) is 4.08. The van der Waals surface area contributed by atoms with Crippen LogP contribution in [0.5, 0.6) is 0 Å². The maximum absolute atomic E-state index is 12.1. The quantitative estimate of drug-likeness (QED) is 0.803. The van der Waals surface area contributed by atoms with Crippen LogP contribution in [0.1, 0.15) is 36.2 Å². The average molecular weight is 272 g/mol. The Morgan fingerprint density at radius 1 is 1.35 bits per heavy atom. The highest BCUT2D eigenvalue weighted by molar-refractivity contribution is 5.97. The molecular weight excluding hydrogens is 252 g/mol. The second kappa shape index (κ2) is 5.67. The van der Waals surface area contributed by atoms with E-state index < -0.39 is 0 Å². The van der Waals surface area contributed by atoms with Crippen LogP contribution >= 0.6 is 0 Å². The molecule has 3 N–H and O–H groups in total. The maximum atomic E-state index is 12.1. The van der Waals surface area contributed by atoms with Crippen molar-refractivity contribution in [1.82, 2.24) is 10.3 Å². The molecule has 0 radical (unpaired) electrons. The number of fused-ring (bicyclic) bond motifs is 1. The molecule has 106 valence electrons. The summed E-state index contributed by atoms with van der Waals surface area (Å²) in [5.74, 6) is 0.327. The number of para-hydroxylation sites is 1. The van der Waals surface area contributed by atoms with E-state index in [1.165, 1.54) is 0 Å². The zero-order valence-corrected chi connectivity index (χ0v) is 11.4. The van der Waals surface area contributed by atoms with Crippen LogP contribution in [0.4, 0.5) is 0 Å². The number of benzene rings is 1. The summed E-state index contributed by atoms with van der Waals surface area (Å²) in [5.41, 5.74) is 1.58. The summed E-state index contributed by atoms with van der Waals surface area (Å²) in [6.45, 7) is 0.644. The summed E-state index contributed by atoms with van der Waals surface area (Å²) in [6, 6.07) is 9.73. The molecule has 1 aromatic heterocycles. The lowest BCUT2D eigenvalue weighted by atomic mass is 9.87. The van der Waals surface area contributed by atoms with Gasteiger partial charge in [0.2, 0.25) is 0 Å². The first-order valence-electron chi connectivity index (χ1n) is 7.26. The van der Waals surface area contributed by atoms with Gasteiger partial charge in [0.1, 0.15) is 5.69 Å². The van der Waals surface area contributed by atoms with E-state index in [0.29, 0.717) is 18.2 Å². The Hall–Kier alpha value is -1.81. The first-order valence-corrected chi connectivity index (χ1v) is 7.26. The van der Waals surface area contributed by atoms with E-state index in [4.69, 9.17) is 0 Å². The van der Waals surface area contributed by atoms with E-state index in [1.807, 2.05) is 30.3 Å². The predicted molar refractivity (Wildman–Crippen MR) is 78.6 cm³/mol. The predicted octanol–water partition coefficient (Wildman–Crippen LogP) is 2.45. The molecule has 0 aliphatic heterocycles. The second-order valence-electron chi connectivity index (χ2n) is 5.67. The van der Waals surface area contributed by atoms with Crippen molar-refractivity contribution in [3.8, 4) is 0 Å². The first-order chi connectivity index (χ1) is 9.72. The normalized spacial score (nSPS) is 22.9. The standard InChI is InChI=1S/C16H20N2O2/c19-13-6-3-4-11(8-13)10-17-16(20)15-9-12-5-1-2-7-14(12)18-15/h1-2,5,7,9,11,13,18-19H,3-4,6,8,10H2,(H,17,20). The number of hydrogen-bond donors (Lipinski definition) is 3. The van der Waals surface area contributed by atoms with Crippen molar-refractivity contribution in [3.63, 3.8) is 0 Å². The third-order valence-electron chi connectivity index (χ3n) is 4.08. The highest BCUT2D eigenvalue weighted by Crippen LogP contribution is 2.23. The monoisotopic (exact) mass is 272 g/mol. The van der Waals surface area contributed by atoms with Crippen LogP contribution in [-0.4, -0.2) is 28.6 Å². The molecule has 1 heterocycles.